The maximum Gasteiger partial charge on any atom is 0.238 e. The van der Waals surface area contributed by atoms with E-state index in [9.17, 15) is 4.79 Å². The van der Waals surface area contributed by atoms with Gasteiger partial charge in [-0.25, -0.2) is 0 Å². The molecule has 3 rings (SSSR count). The van der Waals surface area contributed by atoms with Crippen LogP contribution in [0.15, 0.2) is 34.0 Å². The van der Waals surface area contributed by atoms with Crippen molar-refractivity contribution in [3.05, 3.63) is 46.3 Å². The van der Waals surface area contributed by atoms with Crippen molar-refractivity contribution in [1.82, 2.24) is 10.2 Å². The molecule has 0 radical (unpaired) electrons. The van der Waals surface area contributed by atoms with Crippen LogP contribution in [-0.2, 0) is 4.79 Å². The fourth-order valence-corrected chi connectivity index (χ4v) is 4.87. The van der Waals surface area contributed by atoms with E-state index in [0.717, 1.165) is 5.69 Å². The Hall–Kier alpha value is -2.41. The third kappa shape index (κ3) is 4.66. The summed E-state index contributed by atoms with van der Waals surface area (Å²) in [5, 5.41) is 26.1. The number of amides is 1. The SMILES string of the molecule is Cc1cccc(Nc2nnc(SC(C)C(=O)Nc3sccc3C#N)s2)c1C. The molecule has 0 aliphatic rings. The summed E-state index contributed by atoms with van der Waals surface area (Å²) in [6, 6.07) is 9.81. The molecule has 0 saturated carbocycles. The predicted octanol–water partition coefficient (Wildman–Crippen LogP) is 4.95. The van der Waals surface area contributed by atoms with Gasteiger partial charge in [0, 0.05) is 5.69 Å². The third-order valence-electron chi connectivity index (χ3n) is 3.92. The Bertz CT molecular complexity index is 1000. The van der Waals surface area contributed by atoms with Gasteiger partial charge in [0.1, 0.15) is 11.1 Å². The molecule has 3 aromatic rings. The summed E-state index contributed by atoms with van der Waals surface area (Å²) in [4.78, 5) is 12.4. The number of thiophene rings is 1. The van der Waals surface area contributed by atoms with Crippen molar-refractivity contribution in [1.29, 1.82) is 5.26 Å². The van der Waals surface area contributed by atoms with E-state index in [2.05, 4.69) is 46.8 Å². The van der Waals surface area contributed by atoms with Crippen LogP contribution in [0, 0.1) is 25.2 Å². The number of carbonyl (C=O) groups is 1. The Morgan fingerprint density at radius 1 is 1.30 bits per heavy atom. The fourth-order valence-electron chi connectivity index (χ4n) is 2.22. The minimum absolute atomic E-state index is 0.168. The number of hydrogen-bond acceptors (Lipinski definition) is 8. The van der Waals surface area contributed by atoms with Crippen LogP contribution < -0.4 is 10.6 Å². The molecule has 27 heavy (non-hydrogen) atoms. The molecule has 6 nitrogen and oxygen atoms in total. The number of nitrogens with one attached hydrogen (secondary N) is 2. The summed E-state index contributed by atoms with van der Waals surface area (Å²) in [5.41, 5.74) is 3.84. The molecule has 0 saturated heterocycles. The van der Waals surface area contributed by atoms with Crippen LogP contribution in [0.4, 0.5) is 15.8 Å². The van der Waals surface area contributed by atoms with Crippen molar-refractivity contribution in [2.45, 2.75) is 30.4 Å². The number of benzene rings is 1. The number of nitriles is 1. The normalized spacial score (nSPS) is 11.6. The van der Waals surface area contributed by atoms with Crippen molar-refractivity contribution in [2.24, 2.45) is 0 Å². The molecule has 1 atom stereocenters. The van der Waals surface area contributed by atoms with E-state index in [1.54, 1.807) is 18.4 Å². The molecule has 2 N–H and O–H groups in total. The summed E-state index contributed by atoms with van der Waals surface area (Å²) >= 11 is 4.08. The lowest BCUT2D eigenvalue weighted by molar-refractivity contribution is -0.115. The first kappa shape index (κ1) is 19.4. The maximum atomic E-state index is 12.4. The van der Waals surface area contributed by atoms with E-state index in [4.69, 9.17) is 5.26 Å². The molecular formula is C18H17N5OS3. The molecule has 0 aliphatic heterocycles. The monoisotopic (exact) mass is 415 g/mol. The smallest absolute Gasteiger partial charge is 0.238 e. The minimum Gasteiger partial charge on any atom is -0.330 e. The topological polar surface area (TPSA) is 90.7 Å². The Labute approximate surface area is 169 Å². The number of aryl methyl sites for hydroxylation is 1. The van der Waals surface area contributed by atoms with E-state index in [1.807, 2.05) is 12.1 Å². The van der Waals surface area contributed by atoms with Gasteiger partial charge in [-0.3, -0.25) is 4.79 Å². The summed E-state index contributed by atoms with van der Waals surface area (Å²) < 4.78 is 0.706. The first-order valence-corrected chi connectivity index (χ1v) is 10.7. The highest BCUT2D eigenvalue weighted by Crippen LogP contribution is 2.32. The van der Waals surface area contributed by atoms with Crippen LogP contribution in [0.5, 0.6) is 0 Å². The first-order valence-electron chi connectivity index (χ1n) is 8.09. The van der Waals surface area contributed by atoms with E-state index >= 15 is 0 Å². The number of thioether (sulfide) groups is 1. The van der Waals surface area contributed by atoms with Gasteiger partial charge in [0.25, 0.3) is 0 Å². The van der Waals surface area contributed by atoms with Crippen LogP contribution in [0.2, 0.25) is 0 Å². The van der Waals surface area contributed by atoms with Gasteiger partial charge in [-0.2, -0.15) is 5.26 Å². The highest BCUT2D eigenvalue weighted by molar-refractivity contribution is 8.02. The number of carbonyl (C=O) groups excluding carboxylic acids is 1. The second kappa shape index (κ2) is 8.52. The first-order chi connectivity index (χ1) is 13.0. The number of nitrogens with zero attached hydrogens (tertiary/aromatic N) is 3. The largest absolute Gasteiger partial charge is 0.330 e. The van der Waals surface area contributed by atoms with Crippen LogP contribution in [0.1, 0.15) is 23.6 Å². The molecule has 1 aromatic carbocycles. The summed E-state index contributed by atoms with van der Waals surface area (Å²) in [6.45, 7) is 5.92. The Morgan fingerprint density at radius 3 is 2.89 bits per heavy atom. The standard InChI is InChI=1S/C18H17N5OS3/c1-10-5-4-6-14(11(10)2)20-17-22-23-18(27-17)26-12(3)15(24)21-16-13(9-19)7-8-25-16/h4-8,12H,1-3H3,(H,20,22)(H,21,24). The van der Waals surface area contributed by atoms with E-state index in [-0.39, 0.29) is 11.2 Å². The number of aromatic nitrogens is 2. The number of anilines is 3. The number of rotatable bonds is 6. The molecule has 9 heteroatoms. The molecule has 0 spiro atoms. The molecule has 1 amide bonds. The van der Waals surface area contributed by atoms with E-state index in [1.165, 1.54) is 45.6 Å². The highest BCUT2D eigenvalue weighted by Gasteiger charge is 2.19. The average molecular weight is 416 g/mol. The summed E-state index contributed by atoms with van der Waals surface area (Å²) in [6.07, 6.45) is 0. The Kier molecular flexibility index (Phi) is 6.11. The van der Waals surface area contributed by atoms with Crippen LogP contribution in [0.3, 0.4) is 0 Å². The summed E-state index contributed by atoms with van der Waals surface area (Å²) in [7, 11) is 0. The van der Waals surface area contributed by atoms with Gasteiger partial charge in [0.2, 0.25) is 11.0 Å². The van der Waals surface area contributed by atoms with Gasteiger partial charge in [-0.15, -0.1) is 21.5 Å². The van der Waals surface area contributed by atoms with Crippen molar-refractivity contribution < 1.29 is 4.79 Å². The molecule has 0 aliphatic carbocycles. The van der Waals surface area contributed by atoms with Crippen molar-refractivity contribution in [3.8, 4) is 6.07 Å². The second-order valence-electron chi connectivity index (χ2n) is 5.77. The van der Waals surface area contributed by atoms with Gasteiger partial charge >= 0.3 is 0 Å². The molecule has 0 fully saturated rings. The molecule has 138 valence electrons. The van der Waals surface area contributed by atoms with Crippen LogP contribution >= 0.6 is 34.4 Å². The zero-order chi connectivity index (χ0) is 19.4. The zero-order valence-electron chi connectivity index (χ0n) is 14.9. The molecule has 0 bridgehead atoms. The van der Waals surface area contributed by atoms with Crippen molar-refractivity contribution in [3.63, 3.8) is 0 Å². The van der Waals surface area contributed by atoms with Crippen LogP contribution in [-0.4, -0.2) is 21.4 Å². The summed E-state index contributed by atoms with van der Waals surface area (Å²) in [5.74, 6) is -0.168. The lowest BCUT2D eigenvalue weighted by atomic mass is 10.1. The second-order valence-corrected chi connectivity index (χ2v) is 9.25. The van der Waals surface area contributed by atoms with Gasteiger partial charge < -0.3 is 10.6 Å². The van der Waals surface area contributed by atoms with Gasteiger partial charge in [-0.05, 0) is 49.4 Å². The lowest BCUT2D eigenvalue weighted by Crippen LogP contribution is -2.22. The quantitative estimate of drug-likeness (QED) is 0.554. The third-order valence-corrected chi connectivity index (χ3v) is 6.77. The minimum atomic E-state index is -0.361. The number of hydrogen-bond donors (Lipinski definition) is 2. The molecule has 1 unspecified atom stereocenters. The fraction of sp³-hybridized carbons (Fsp3) is 0.222. The van der Waals surface area contributed by atoms with Gasteiger partial charge in [0.15, 0.2) is 4.34 Å². The van der Waals surface area contributed by atoms with E-state index < -0.39 is 0 Å². The van der Waals surface area contributed by atoms with Crippen molar-refractivity contribution >= 4 is 56.2 Å². The predicted molar refractivity (Wildman–Crippen MR) is 112 cm³/mol. The van der Waals surface area contributed by atoms with Gasteiger partial charge in [0.05, 0.1) is 10.8 Å². The molecule has 2 heterocycles. The van der Waals surface area contributed by atoms with Gasteiger partial charge in [-0.1, -0.05) is 35.2 Å². The zero-order valence-corrected chi connectivity index (χ0v) is 17.4. The Balaban J connectivity index is 1.62. The van der Waals surface area contributed by atoms with Crippen LogP contribution in [0.25, 0.3) is 0 Å². The van der Waals surface area contributed by atoms with E-state index in [0.29, 0.717) is 20.0 Å². The highest BCUT2D eigenvalue weighted by atomic mass is 32.2. The lowest BCUT2D eigenvalue weighted by Gasteiger charge is -2.09. The maximum absolute atomic E-state index is 12.4. The van der Waals surface area contributed by atoms with Crippen molar-refractivity contribution in [2.75, 3.05) is 10.6 Å². The Morgan fingerprint density at radius 2 is 2.11 bits per heavy atom. The average Bonchev–Trinajstić information content (AvgIpc) is 3.28. The molecule has 2 aromatic heterocycles. The molecular weight excluding hydrogens is 398 g/mol.